The third-order valence-electron chi connectivity index (χ3n) is 3.94. The Morgan fingerprint density at radius 2 is 1.67 bits per heavy atom. The average Bonchev–Trinajstić information content (AvgIpc) is 2.70. The van der Waals surface area contributed by atoms with Crippen molar-refractivity contribution in [2.24, 2.45) is 5.10 Å². The molecule has 2 N–H and O–H groups in total. The van der Waals surface area contributed by atoms with E-state index in [1.165, 1.54) is 20.3 Å². The molecule has 0 bridgehead atoms. The Labute approximate surface area is 162 Å². The monoisotopic (exact) mass is 382 g/mol. The lowest BCUT2D eigenvalue weighted by atomic mass is 10.00. The molecule has 138 valence electrons. The number of anilines is 1. The van der Waals surface area contributed by atoms with Crippen LogP contribution >= 0.6 is 11.6 Å². The first kappa shape index (κ1) is 18.6. The minimum absolute atomic E-state index is 0.00485. The summed E-state index contributed by atoms with van der Waals surface area (Å²) in [6.07, 6.45) is 0. The van der Waals surface area contributed by atoms with Gasteiger partial charge in [0.2, 0.25) is 0 Å². The number of nitrogens with zero attached hydrogens (tertiary/aromatic N) is 1. The fraction of sp³-hybridized carbons (Fsp3) is 0.0952. The lowest BCUT2D eigenvalue weighted by Gasteiger charge is -2.15. The van der Waals surface area contributed by atoms with Crippen molar-refractivity contribution in [1.82, 2.24) is 0 Å². The number of phenolic OH excluding ortho intramolecular Hbond substituents is 1. The molecule has 27 heavy (non-hydrogen) atoms. The van der Waals surface area contributed by atoms with Gasteiger partial charge in [0, 0.05) is 22.7 Å². The number of phenols is 1. The number of ether oxygens (including phenoxy) is 2. The lowest BCUT2D eigenvalue weighted by Crippen LogP contribution is -2.09. The minimum atomic E-state index is -0.00485. The van der Waals surface area contributed by atoms with Gasteiger partial charge >= 0.3 is 0 Å². The molecule has 6 heteroatoms. The first-order chi connectivity index (χ1) is 13.1. The minimum Gasteiger partial charge on any atom is -0.507 e. The van der Waals surface area contributed by atoms with Crippen LogP contribution in [-0.2, 0) is 0 Å². The Balaban J connectivity index is 2.14. The van der Waals surface area contributed by atoms with Crippen molar-refractivity contribution >= 4 is 23.0 Å². The molecular weight excluding hydrogens is 364 g/mol. The highest BCUT2D eigenvalue weighted by molar-refractivity contribution is 6.30. The number of hydrogen-bond acceptors (Lipinski definition) is 5. The number of methoxy groups -OCH3 is 2. The molecule has 0 aliphatic heterocycles. The summed E-state index contributed by atoms with van der Waals surface area (Å²) in [5, 5.41) is 15.8. The van der Waals surface area contributed by atoms with Crippen molar-refractivity contribution in [3.05, 3.63) is 82.9 Å². The van der Waals surface area contributed by atoms with Crippen LogP contribution < -0.4 is 14.9 Å². The van der Waals surface area contributed by atoms with E-state index < -0.39 is 0 Å². The van der Waals surface area contributed by atoms with E-state index in [1.807, 2.05) is 42.5 Å². The molecule has 0 unspecified atom stereocenters. The lowest BCUT2D eigenvalue weighted by molar-refractivity contribution is 0.384. The number of halogens is 1. The molecule has 0 saturated heterocycles. The number of para-hydroxylation sites is 1. The standard InChI is InChI=1S/C21H19ClN2O3/c1-26-17-12-18(25)20(19(13-17)27-2)21(14-8-10-15(22)11-9-14)24-23-16-6-4-3-5-7-16/h3-13,23,25H,1-2H3/b24-21-. The fourth-order valence-electron chi connectivity index (χ4n) is 2.60. The van der Waals surface area contributed by atoms with Gasteiger partial charge in [-0.2, -0.15) is 5.10 Å². The molecule has 0 aliphatic carbocycles. The van der Waals surface area contributed by atoms with E-state index >= 15 is 0 Å². The Bertz CT molecular complexity index is 942. The van der Waals surface area contributed by atoms with Gasteiger partial charge in [-0.25, -0.2) is 0 Å². The summed E-state index contributed by atoms with van der Waals surface area (Å²) < 4.78 is 10.7. The number of hydrogen-bond donors (Lipinski definition) is 2. The van der Waals surface area contributed by atoms with Crippen LogP contribution in [0.25, 0.3) is 0 Å². The smallest absolute Gasteiger partial charge is 0.135 e. The zero-order valence-electron chi connectivity index (χ0n) is 14.9. The van der Waals surface area contributed by atoms with Crippen LogP contribution in [0.15, 0.2) is 71.8 Å². The van der Waals surface area contributed by atoms with Crippen LogP contribution in [0.2, 0.25) is 5.02 Å². The van der Waals surface area contributed by atoms with E-state index in [0.717, 1.165) is 11.3 Å². The van der Waals surface area contributed by atoms with Gasteiger partial charge in [0.25, 0.3) is 0 Å². The van der Waals surface area contributed by atoms with Crippen LogP contribution in [0.5, 0.6) is 17.2 Å². The van der Waals surface area contributed by atoms with E-state index in [9.17, 15) is 5.11 Å². The van der Waals surface area contributed by atoms with Gasteiger partial charge in [-0.05, 0) is 24.3 Å². The molecule has 0 heterocycles. The van der Waals surface area contributed by atoms with Gasteiger partial charge in [-0.15, -0.1) is 0 Å². The highest BCUT2D eigenvalue weighted by atomic mass is 35.5. The van der Waals surface area contributed by atoms with E-state index in [1.54, 1.807) is 18.2 Å². The van der Waals surface area contributed by atoms with Gasteiger partial charge in [0.05, 0.1) is 25.5 Å². The van der Waals surface area contributed by atoms with Crippen molar-refractivity contribution in [1.29, 1.82) is 0 Å². The number of aromatic hydroxyl groups is 1. The predicted octanol–water partition coefficient (Wildman–Crippen LogP) is 4.93. The second kappa shape index (κ2) is 8.47. The number of nitrogens with one attached hydrogen (secondary N) is 1. The summed E-state index contributed by atoms with van der Waals surface area (Å²) in [4.78, 5) is 0. The second-order valence-electron chi connectivity index (χ2n) is 5.67. The molecule has 0 fully saturated rings. The third kappa shape index (κ3) is 4.33. The van der Waals surface area contributed by atoms with Crippen molar-refractivity contribution in [3.63, 3.8) is 0 Å². The topological polar surface area (TPSA) is 63.1 Å². The van der Waals surface area contributed by atoms with Crippen molar-refractivity contribution < 1.29 is 14.6 Å². The fourth-order valence-corrected chi connectivity index (χ4v) is 2.72. The Morgan fingerprint density at radius 3 is 2.30 bits per heavy atom. The highest BCUT2D eigenvalue weighted by Gasteiger charge is 2.19. The van der Waals surface area contributed by atoms with Crippen molar-refractivity contribution in [2.75, 3.05) is 19.6 Å². The highest BCUT2D eigenvalue weighted by Crippen LogP contribution is 2.35. The second-order valence-corrected chi connectivity index (χ2v) is 6.11. The van der Waals surface area contributed by atoms with Crippen LogP contribution in [0, 0.1) is 0 Å². The van der Waals surface area contributed by atoms with Gasteiger partial charge < -0.3 is 14.6 Å². The Hall–Kier alpha value is -3.18. The Kier molecular flexibility index (Phi) is 5.84. The zero-order chi connectivity index (χ0) is 19.2. The molecule has 0 atom stereocenters. The molecule has 3 aromatic carbocycles. The predicted molar refractivity (Wildman–Crippen MR) is 108 cm³/mol. The molecule has 5 nitrogen and oxygen atoms in total. The van der Waals surface area contributed by atoms with Crippen LogP contribution in [0.4, 0.5) is 5.69 Å². The number of benzene rings is 3. The van der Waals surface area contributed by atoms with Gasteiger partial charge in [0.1, 0.15) is 23.0 Å². The average molecular weight is 383 g/mol. The van der Waals surface area contributed by atoms with E-state index in [0.29, 0.717) is 27.8 Å². The largest absolute Gasteiger partial charge is 0.507 e. The Morgan fingerprint density at radius 1 is 0.963 bits per heavy atom. The summed E-state index contributed by atoms with van der Waals surface area (Å²) in [7, 11) is 3.06. The molecule has 0 radical (unpaired) electrons. The normalized spacial score (nSPS) is 11.1. The molecule has 0 saturated carbocycles. The molecular formula is C21H19ClN2O3. The number of hydrazone groups is 1. The van der Waals surface area contributed by atoms with Crippen molar-refractivity contribution in [2.45, 2.75) is 0 Å². The molecule has 3 aromatic rings. The van der Waals surface area contributed by atoms with Gasteiger partial charge in [-0.3, -0.25) is 5.43 Å². The van der Waals surface area contributed by atoms with E-state index in [2.05, 4.69) is 10.5 Å². The van der Waals surface area contributed by atoms with E-state index in [-0.39, 0.29) is 5.75 Å². The van der Waals surface area contributed by atoms with Gasteiger partial charge in [0.15, 0.2) is 0 Å². The van der Waals surface area contributed by atoms with Gasteiger partial charge in [-0.1, -0.05) is 41.9 Å². The quantitative estimate of drug-likeness (QED) is 0.469. The van der Waals surface area contributed by atoms with Crippen LogP contribution in [0.3, 0.4) is 0 Å². The molecule has 0 aliphatic rings. The third-order valence-corrected chi connectivity index (χ3v) is 4.19. The SMILES string of the molecule is COc1cc(O)c(/C(=N\Nc2ccccc2)c2ccc(Cl)cc2)c(OC)c1. The zero-order valence-corrected chi connectivity index (χ0v) is 15.7. The maximum Gasteiger partial charge on any atom is 0.135 e. The summed E-state index contributed by atoms with van der Waals surface area (Å²) >= 11 is 6.02. The first-order valence-corrected chi connectivity index (χ1v) is 8.60. The summed E-state index contributed by atoms with van der Waals surface area (Å²) in [5.41, 5.74) is 5.56. The first-order valence-electron chi connectivity index (χ1n) is 8.22. The van der Waals surface area contributed by atoms with E-state index in [4.69, 9.17) is 21.1 Å². The summed E-state index contributed by atoms with van der Waals surface area (Å²) in [6, 6.07) is 19.9. The molecule has 0 amide bonds. The van der Waals surface area contributed by atoms with Crippen LogP contribution in [0.1, 0.15) is 11.1 Å². The maximum atomic E-state index is 10.6. The maximum absolute atomic E-state index is 10.6. The molecule has 0 spiro atoms. The molecule has 0 aromatic heterocycles. The summed E-state index contributed by atoms with van der Waals surface area (Å²) in [6.45, 7) is 0. The van der Waals surface area contributed by atoms with Crippen LogP contribution in [-0.4, -0.2) is 25.0 Å². The molecule has 3 rings (SSSR count). The van der Waals surface area contributed by atoms with Crippen molar-refractivity contribution in [3.8, 4) is 17.2 Å². The number of rotatable bonds is 6. The summed E-state index contributed by atoms with van der Waals surface area (Å²) in [5.74, 6) is 0.921.